The van der Waals surface area contributed by atoms with Gasteiger partial charge in [0.25, 0.3) is 5.91 Å². The molecule has 22 heavy (non-hydrogen) atoms. The van der Waals surface area contributed by atoms with Gasteiger partial charge in [-0.05, 0) is 31.0 Å². The Kier molecular flexibility index (Phi) is 4.24. The predicted molar refractivity (Wildman–Crippen MR) is 84.4 cm³/mol. The van der Waals surface area contributed by atoms with Gasteiger partial charge in [0.1, 0.15) is 0 Å². The molecule has 0 atom stereocenters. The first-order chi connectivity index (χ1) is 10.7. The van der Waals surface area contributed by atoms with E-state index in [0.717, 1.165) is 17.8 Å². The molecule has 2 aromatic rings. The van der Waals surface area contributed by atoms with E-state index < -0.39 is 0 Å². The molecular weight excluding hydrogens is 278 g/mol. The Balaban J connectivity index is 1.95. The van der Waals surface area contributed by atoms with E-state index in [1.54, 1.807) is 6.20 Å². The summed E-state index contributed by atoms with van der Waals surface area (Å²) < 4.78 is 7.19. The number of ether oxygens (including phenoxy) is 1. The van der Waals surface area contributed by atoms with Crippen molar-refractivity contribution in [3.8, 4) is 5.69 Å². The van der Waals surface area contributed by atoms with Crippen molar-refractivity contribution >= 4 is 5.91 Å². The summed E-state index contributed by atoms with van der Waals surface area (Å²) in [5, 5.41) is 4.45. The van der Waals surface area contributed by atoms with Gasteiger partial charge in [-0.15, -0.1) is 0 Å². The fourth-order valence-corrected chi connectivity index (χ4v) is 2.81. The topological polar surface area (TPSA) is 47.4 Å². The van der Waals surface area contributed by atoms with Crippen LogP contribution in [-0.4, -0.2) is 46.9 Å². The van der Waals surface area contributed by atoms with Crippen LogP contribution < -0.4 is 0 Å². The number of rotatable bonds is 3. The number of carbonyl (C=O) groups excluding carboxylic acids is 1. The summed E-state index contributed by atoms with van der Waals surface area (Å²) in [6.07, 6.45) is 2.46. The molecule has 1 fully saturated rings. The van der Waals surface area contributed by atoms with E-state index in [1.165, 1.54) is 5.56 Å². The van der Waals surface area contributed by atoms with Gasteiger partial charge in [0.2, 0.25) is 0 Å². The van der Waals surface area contributed by atoms with Crippen molar-refractivity contribution in [3.63, 3.8) is 0 Å². The minimum atomic E-state index is 0.0547. The van der Waals surface area contributed by atoms with Crippen LogP contribution in [0, 0.1) is 6.92 Å². The molecule has 116 valence electrons. The Morgan fingerprint density at radius 3 is 2.77 bits per heavy atom. The number of aryl methyl sites for hydroxylation is 1. The third-order valence-corrected chi connectivity index (χ3v) is 3.98. The molecule has 0 radical (unpaired) electrons. The van der Waals surface area contributed by atoms with Crippen LogP contribution in [0.25, 0.3) is 5.69 Å². The number of morpholine rings is 1. The maximum atomic E-state index is 12.7. The number of nitrogens with zero attached hydrogens (tertiary/aromatic N) is 3. The zero-order chi connectivity index (χ0) is 15.5. The zero-order valence-corrected chi connectivity index (χ0v) is 13.1. The second-order valence-electron chi connectivity index (χ2n) is 5.51. The lowest BCUT2D eigenvalue weighted by atomic mass is 10.1. The molecule has 3 rings (SSSR count). The van der Waals surface area contributed by atoms with Crippen LogP contribution in [0.4, 0.5) is 0 Å². The highest BCUT2D eigenvalue weighted by Crippen LogP contribution is 2.19. The van der Waals surface area contributed by atoms with Crippen molar-refractivity contribution in [1.82, 2.24) is 14.7 Å². The van der Waals surface area contributed by atoms with Gasteiger partial charge in [-0.2, -0.15) is 5.10 Å². The van der Waals surface area contributed by atoms with Crippen LogP contribution in [0.1, 0.15) is 28.5 Å². The molecule has 2 heterocycles. The van der Waals surface area contributed by atoms with Gasteiger partial charge in [0.05, 0.1) is 36.4 Å². The van der Waals surface area contributed by atoms with Crippen molar-refractivity contribution in [2.45, 2.75) is 20.3 Å². The summed E-state index contributed by atoms with van der Waals surface area (Å²) >= 11 is 0. The van der Waals surface area contributed by atoms with E-state index in [9.17, 15) is 4.79 Å². The Hall–Kier alpha value is -2.14. The summed E-state index contributed by atoms with van der Waals surface area (Å²) in [5.74, 6) is 0.0547. The molecule has 1 aliphatic rings. The monoisotopic (exact) mass is 299 g/mol. The molecule has 5 nitrogen and oxygen atoms in total. The Morgan fingerprint density at radius 1 is 1.32 bits per heavy atom. The van der Waals surface area contributed by atoms with E-state index >= 15 is 0 Å². The molecule has 0 aliphatic carbocycles. The van der Waals surface area contributed by atoms with Gasteiger partial charge in [0, 0.05) is 13.1 Å². The maximum absolute atomic E-state index is 12.7. The standard InChI is InChI=1S/C17H21N3O2/c1-3-16-15(17(21)19-7-9-22-10-8-19)12-18-20(16)14-6-4-5-13(2)11-14/h4-6,11-12H,3,7-10H2,1-2H3. The summed E-state index contributed by atoms with van der Waals surface area (Å²) in [4.78, 5) is 14.6. The average Bonchev–Trinajstić information content (AvgIpc) is 2.99. The lowest BCUT2D eigenvalue weighted by Gasteiger charge is -2.26. The Morgan fingerprint density at radius 2 is 2.09 bits per heavy atom. The minimum Gasteiger partial charge on any atom is -0.378 e. The van der Waals surface area contributed by atoms with Gasteiger partial charge in [-0.25, -0.2) is 4.68 Å². The molecule has 0 N–H and O–H groups in total. The molecule has 0 spiro atoms. The van der Waals surface area contributed by atoms with E-state index in [4.69, 9.17) is 4.74 Å². The van der Waals surface area contributed by atoms with Crippen molar-refractivity contribution in [2.75, 3.05) is 26.3 Å². The number of hydrogen-bond acceptors (Lipinski definition) is 3. The van der Waals surface area contributed by atoms with Crippen LogP contribution >= 0.6 is 0 Å². The smallest absolute Gasteiger partial charge is 0.257 e. The number of carbonyl (C=O) groups is 1. The van der Waals surface area contributed by atoms with E-state index in [0.29, 0.717) is 31.9 Å². The molecule has 0 saturated carbocycles. The highest BCUT2D eigenvalue weighted by atomic mass is 16.5. The number of hydrogen-bond donors (Lipinski definition) is 0. The molecule has 1 saturated heterocycles. The van der Waals surface area contributed by atoms with Crippen molar-refractivity contribution in [2.24, 2.45) is 0 Å². The highest BCUT2D eigenvalue weighted by Gasteiger charge is 2.23. The van der Waals surface area contributed by atoms with E-state index in [2.05, 4.69) is 31.1 Å². The number of aromatic nitrogens is 2. The van der Waals surface area contributed by atoms with Crippen molar-refractivity contribution < 1.29 is 9.53 Å². The Labute approximate surface area is 130 Å². The zero-order valence-electron chi connectivity index (χ0n) is 13.1. The first-order valence-electron chi connectivity index (χ1n) is 7.71. The molecular formula is C17H21N3O2. The predicted octanol–water partition coefficient (Wildman–Crippen LogP) is 2.22. The molecule has 0 bridgehead atoms. The second kappa shape index (κ2) is 6.32. The van der Waals surface area contributed by atoms with Gasteiger partial charge in [-0.1, -0.05) is 19.1 Å². The maximum Gasteiger partial charge on any atom is 0.257 e. The molecule has 1 aliphatic heterocycles. The SMILES string of the molecule is CCc1c(C(=O)N2CCOCC2)cnn1-c1cccc(C)c1. The molecule has 1 aromatic carbocycles. The molecule has 0 unspecified atom stereocenters. The summed E-state index contributed by atoms with van der Waals surface area (Å²) in [6.45, 7) is 6.63. The van der Waals surface area contributed by atoms with Crippen molar-refractivity contribution in [3.05, 3.63) is 47.3 Å². The second-order valence-corrected chi connectivity index (χ2v) is 5.51. The fraction of sp³-hybridized carbons (Fsp3) is 0.412. The third kappa shape index (κ3) is 2.76. The fourth-order valence-electron chi connectivity index (χ4n) is 2.81. The molecule has 1 aromatic heterocycles. The molecule has 5 heteroatoms. The van der Waals surface area contributed by atoms with Crippen LogP contribution in [0.15, 0.2) is 30.5 Å². The van der Waals surface area contributed by atoms with Gasteiger partial charge >= 0.3 is 0 Å². The lowest BCUT2D eigenvalue weighted by Crippen LogP contribution is -2.40. The van der Waals surface area contributed by atoms with Gasteiger partial charge < -0.3 is 9.64 Å². The van der Waals surface area contributed by atoms with Crippen LogP contribution in [0.5, 0.6) is 0 Å². The Bertz CT molecular complexity index is 672. The number of amides is 1. The first-order valence-corrected chi connectivity index (χ1v) is 7.71. The van der Waals surface area contributed by atoms with Crippen LogP contribution in [0.3, 0.4) is 0 Å². The normalized spacial score (nSPS) is 15.1. The summed E-state index contributed by atoms with van der Waals surface area (Å²) in [6, 6.07) is 8.16. The molecule has 1 amide bonds. The van der Waals surface area contributed by atoms with E-state index in [-0.39, 0.29) is 5.91 Å². The third-order valence-electron chi connectivity index (χ3n) is 3.98. The van der Waals surface area contributed by atoms with Gasteiger partial charge in [-0.3, -0.25) is 4.79 Å². The average molecular weight is 299 g/mol. The van der Waals surface area contributed by atoms with E-state index in [1.807, 2.05) is 21.7 Å². The summed E-state index contributed by atoms with van der Waals surface area (Å²) in [5.41, 5.74) is 3.84. The lowest BCUT2D eigenvalue weighted by molar-refractivity contribution is 0.0302. The number of benzene rings is 1. The van der Waals surface area contributed by atoms with Crippen LogP contribution in [0.2, 0.25) is 0 Å². The van der Waals surface area contributed by atoms with Crippen molar-refractivity contribution in [1.29, 1.82) is 0 Å². The largest absolute Gasteiger partial charge is 0.378 e. The highest BCUT2D eigenvalue weighted by molar-refractivity contribution is 5.95. The van der Waals surface area contributed by atoms with Gasteiger partial charge in [0.15, 0.2) is 0 Å². The summed E-state index contributed by atoms with van der Waals surface area (Å²) in [7, 11) is 0. The quantitative estimate of drug-likeness (QED) is 0.873. The minimum absolute atomic E-state index is 0.0547. The first kappa shape index (κ1) is 14.8. The van der Waals surface area contributed by atoms with Crippen LogP contribution in [-0.2, 0) is 11.2 Å².